The number of hydrogen-bond donors (Lipinski definition) is 1. The Morgan fingerprint density at radius 2 is 1.25 bits per heavy atom. The van der Waals surface area contributed by atoms with Crippen LogP contribution in [0.2, 0.25) is 0 Å². The van der Waals surface area contributed by atoms with Crippen molar-refractivity contribution in [2.45, 2.75) is 13.8 Å². The minimum Gasteiger partial charge on any atom is -0.478 e. The van der Waals surface area contributed by atoms with Gasteiger partial charge in [0, 0.05) is 17.1 Å². The minimum atomic E-state index is -0.917. The molecular weight excluding hydrogens is 298 g/mol. The predicted octanol–water partition coefficient (Wildman–Crippen LogP) is 5.47. The SMILES string of the molecule is Cc1cccc(N(c2ccc(C(=O)O)cc2)c2cccc(C)c2)c1. The van der Waals surface area contributed by atoms with Crippen LogP contribution in [0.15, 0.2) is 72.8 Å². The lowest BCUT2D eigenvalue weighted by molar-refractivity contribution is 0.0697. The van der Waals surface area contributed by atoms with E-state index in [0.29, 0.717) is 0 Å². The van der Waals surface area contributed by atoms with Gasteiger partial charge in [-0.15, -0.1) is 0 Å². The van der Waals surface area contributed by atoms with Crippen LogP contribution >= 0.6 is 0 Å². The number of hydrogen-bond acceptors (Lipinski definition) is 2. The molecule has 0 spiro atoms. The lowest BCUT2D eigenvalue weighted by Crippen LogP contribution is -2.10. The molecule has 0 unspecified atom stereocenters. The first-order chi connectivity index (χ1) is 11.5. The third-order valence-electron chi connectivity index (χ3n) is 3.89. The lowest BCUT2D eigenvalue weighted by atomic mass is 10.1. The molecule has 0 aliphatic heterocycles. The van der Waals surface area contributed by atoms with Crippen molar-refractivity contribution < 1.29 is 9.90 Å². The van der Waals surface area contributed by atoms with Crippen LogP contribution in [-0.4, -0.2) is 11.1 Å². The average molecular weight is 317 g/mol. The Hall–Kier alpha value is -3.07. The second kappa shape index (κ2) is 6.59. The zero-order valence-electron chi connectivity index (χ0n) is 13.7. The molecule has 0 fully saturated rings. The molecule has 3 nitrogen and oxygen atoms in total. The van der Waals surface area contributed by atoms with Crippen molar-refractivity contribution >= 4 is 23.0 Å². The average Bonchev–Trinajstić information content (AvgIpc) is 2.56. The van der Waals surface area contributed by atoms with E-state index in [2.05, 4.69) is 55.1 Å². The van der Waals surface area contributed by atoms with Crippen molar-refractivity contribution in [2.24, 2.45) is 0 Å². The highest BCUT2D eigenvalue weighted by atomic mass is 16.4. The zero-order chi connectivity index (χ0) is 17.1. The second-order valence-electron chi connectivity index (χ2n) is 5.87. The number of carbonyl (C=O) groups is 1. The second-order valence-corrected chi connectivity index (χ2v) is 5.87. The Morgan fingerprint density at radius 1 is 0.750 bits per heavy atom. The van der Waals surface area contributed by atoms with Crippen LogP contribution in [0.1, 0.15) is 21.5 Å². The summed E-state index contributed by atoms with van der Waals surface area (Å²) in [5.41, 5.74) is 5.65. The maximum Gasteiger partial charge on any atom is 0.335 e. The first-order valence-electron chi connectivity index (χ1n) is 7.81. The zero-order valence-corrected chi connectivity index (χ0v) is 13.7. The minimum absolute atomic E-state index is 0.284. The van der Waals surface area contributed by atoms with E-state index in [1.54, 1.807) is 12.1 Å². The van der Waals surface area contributed by atoms with Gasteiger partial charge in [-0.25, -0.2) is 4.79 Å². The highest BCUT2D eigenvalue weighted by molar-refractivity contribution is 5.88. The van der Waals surface area contributed by atoms with E-state index in [4.69, 9.17) is 5.11 Å². The number of carboxylic acids is 1. The van der Waals surface area contributed by atoms with Crippen LogP contribution < -0.4 is 4.90 Å². The maximum atomic E-state index is 11.1. The highest BCUT2D eigenvalue weighted by Crippen LogP contribution is 2.35. The molecule has 0 atom stereocenters. The molecule has 120 valence electrons. The molecule has 0 aliphatic carbocycles. The highest BCUT2D eigenvalue weighted by Gasteiger charge is 2.13. The summed E-state index contributed by atoms with van der Waals surface area (Å²) < 4.78 is 0. The van der Waals surface area contributed by atoms with E-state index in [9.17, 15) is 4.79 Å². The van der Waals surface area contributed by atoms with Gasteiger partial charge in [0.1, 0.15) is 0 Å². The quantitative estimate of drug-likeness (QED) is 0.693. The Kier molecular flexibility index (Phi) is 4.34. The Labute approximate surface area is 141 Å². The van der Waals surface area contributed by atoms with Crippen LogP contribution in [0, 0.1) is 13.8 Å². The molecule has 0 heterocycles. The molecule has 1 N–H and O–H groups in total. The third-order valence-corrected chi connectivity index (χ3v) is 3.89. The molecule has 3 aromatic carbocycles. The van der Waals surface area contributed by atoms with Crippen molar-refractivity contribution in [3.63, 3.8) is 0 Å². The third kappa shape index (κ3) is 3.30. The molecule has 0 amide bonds. The number of aromatic carboxylic acids is 1. The standard InChI is InChI=1S/C21H19NO2/c1-15-5-3-7-19(13-15)22(20-8-4-6-16(2)14-20)18-11-9-17(10-12-18)21(23)24/h3-14H,1-2H3,(H,23,24). The van der Waals surface area contributed by atoms with E-state index in [1.807, 2.05) is 24.3 Å². The van der Waals surface area contributed by atoms with Gasteiger partial charge in [-0.05, 0) is 73.5 Å². The van der Waals surface area contributed by atoms with Gasteiger partial charge in [0.25, 0.3) is 0 Å². The van der Waals surface area contributed by atoms with Crippen molar-refractivity contribution in [2.75, 3.05) is 4.90 Å². The van der Waals surface area contributed by atoms with Crippen molar-refractivity contribution in [1.82, 2.24) is 0 Å². The topological polar surface area (TPSA) is 40.5 Å². The van der Waals surface area contributed by atoms with Crippen LogP contribution in [0.4, 0.5) is 17.1 Å². The van der Waals surface area contributed by atoms with Crippen LogP contribution in [0.25, 0.3) is 0 Å². The summed E-state index contributed by atoms with van der Waals surface area (Å²) in [7, 11) is 0. The summed E-state index contributed by atoms with van der Waals surface area (Å²) in [6.45, 7) is 4.12. The predicted molar refractivity (Wildman–Crippen MR) is 97.6 cm³/mol. The normalized spacial score (nSPS) is 10.4. The summed E-state index contributed by atoms with van der Waals surface area (Å²) in [5.74, 6) is -0.917. The molecule has 0 aromatic heterocycles. The van der Waals surface area contributed by atoms with Crippen molar-refractivity contribution in [3.8, 4) is 0 Å². The van der Waals surface area contributed by atoms with E-state index in [-0.39, 0.29) is 5.56 Å². The molecular formula is C21H19NO2. The van der Waals surface area contributed by atoms with Crippen LogP contribution in [0.5, 0.6) is 0 Å². The first kappa shape index (κ1) is 15.8. The van der Waals surface area contributed by atoms with Gasteiger partial charge < -0.3 is 10.0 Å². The van der Waals surface area contributed by atoms with Gasteiger partial charge in [-0.3, -0.25) is 0 Å². The molecule has 0 saturated carbocycles. The maximum absolute atomic E-state index is 11.1. The Bertz CT molecular complexity index is 824. The van der Waals surface area contributed by atoms with Gasteiger partial charge >= 0.3 is 5.97 Å². The molecule has 24 heavy (non-hydrogen) atoms. The number of nitrogens with zero attached hydrogens (tertiary/aromatic N) is 1. The fraction of sp³-hybridized carbons (Fsp3) is 0.0952. The Balaban J connectivity index is 2.13. The molecule has 3 rings (SSSR count). The van der Waals surface area contributed by atoms with Gasteiger partial charge in [0.15, 0.2) is 0 Å². The fourth-order valence-corrected chi connectivity index (χ4v) is 2.73. The molecule has 0 radical (unpaired) electrons. The van der Waals surface area contributed by atoms with E-state index >= 15 is 0 Å². The summed E-state index contributed by atoms with van der Waals surface area (Å²) >= 11 is 0. The summed E-state index contributed by atoms with van der Waals surface area (Å²) in [6, 6.07) is 23.5. The monoisotopic (exact) mass is 317 g/mol. The van der Waals surface area contributed by atoms with Gasteiger partial charge in [0.05, 0.1) is 5.56 Å². The number of aryl methyl sites for hydroxylation is 2. The van der Waals surface area contributed by atoms with E-state index in [1.165, 1.54) is 11.1 Å². The molecule has 0 saturated heterocycles. The number of rotatable bonds is 4. The van der Waals surface area contributed by atoms with Gasteiger partial charge in [-0.1, -0.05) is 24.3 Å². The van der Waals surface area contributed by atoms with E-state index in [0.717, 1.165) is 17.1 Å². The van der Waals surface area contributed by atoms with Gasteiger partial charge in [-0.2, -0.15) is 0 Å². The largest absolute Gasteiger partial charge is 0.478 e. The Morgan fingerprint density at radius 3 is 1.67 bits per heavy atom. The molecule has 3 aromatic rings. The number of carboxylic acid groups (broad SMARTS) is 1. The first-order valence-corrected chi connectivity index (χ1v) is 7.81. The molecule has 0 bridgehead atoms. The van der Waals surface area contributed by atoms with Crippen molar-refractivity contribution in [3.05, 3.63) is 89.5 Å². The number of benzene rings is 3. The fourth-order valence-electron chi connectivity index (χ4n) is 2.73. The molecule has 0 aliphatic rings. The van der Waals surface area contributed by atoms with Crippen LogP contribution in [-0.2, 0) is 0 Å². The lowest BCUT2D eigenvalue weighted by Gasteiger charge is -2.26. The summed E-state index contributed by atoms with van der Waals surface area (Å²) in [6.07, 6.45) is 0. The smallest absolute Gasteiger partial charge is 0.335 e. The summed E-state index contributed by atoms with van der Waals surface area (Å²) in [5, 5.41) is 9.11. The van der Waals surface area contributed by atoms with Crippen molar-refractivity contribution in [1.29, 1.82) is 0 Å². The van der Waals surface area contributed by atoms with Crippen LogP contribution in [0.3, 0.4) is 0 Å². The summed E-state index contributed by atoms with van der Waals surface area (Å²) in [4.78, 5) is 13.2. The van der Waals surface area contributed by atoms with Gasteiger partial charge in [0.2, 0.25) is 0 Å². The number of anilines is 3. The molecule has 3 heteroatoms. The van der Waals surface area contributed by atoms with E-state index < -0.39 is 5.97 Å².